The van der Waals surface area contributed by atoms with Crippen molar-refractivity contribution in [2.24, 2.45) is 0 Å². The number of thiophene rings is 1. The number of aromatic carboxylic acids is 1. The maximum absolute atomic E-state index is 10.9. The van der Waals surface area contributed by atoms with Gasteiger partial charge in [0.25, 0.3) is 0 Å². The number of nitrogens with zero attached hydrogens (tertiary/aromatic N) is 2. The summed E-state index contributed by atoms with van der Waals surface area (Å²) in [6.45, 7) is 1.88. The summed E-state index contributed by atoms with van der Waals surface area (Å²) >= 11 is 1.54. The molecule has 0 bridgehead atoms. The Morgan fingerprint density at radius 3 is 2.94 bits per heavy atom. The van der Waals surface area contributed by atoms with Crippen LogP contribution in [0.25, 0.3) is 10.7 Å². The van der Waals surface area contributed by atoms with E-state index in [4.69, 9.17) is 5.11 Å². The quantitative estimate of drug-likeness (QED) is 0.886. The summed E-state index contributed by atoms with van der Waals surface area (Å²) in [6, 6.07) is 3.83. The molecule has 0 aromatic carbocycles. The topological polar surface area (TPSA) is 63.1 Å². The zero-order valence-electron chi connectivity index (χ0n) is 8.67. The average Bonchev–Trinajstić information content (AvgIpc) is 2.81. The van der Waals surface area contributed by atoms with Crippen molar-refractivity contribution in [3.8, 4) is 10.7 Å². The van der Waals surface area contributed by atoms with Gasteiger partial charge < -0.3 is 5.11 Å². The predicted molar refractivity (Wildman–Crippen MR) is 61.7 cm³/mol. The summed E-state index contributed by atoms with van der Waals surface area (Å²) in [5.74, 6) is -0.383. The van der Waals surface area contributed by atoms with Crippen LogP contribution in [0, 0.1) is 0 Å². The van der Waals surface area contributed by atoms with Crippen molar-refractivity contribution >= 4 is 17.3 Å². The molecule has 0 aliphatic rings. The fourth-order valence-corrected chi connectivity index (χ4v) is 2.05. The highest BCUT2D eigenvalue weighted by Gasteiger charge is 2.12. The molecule has 82 valence electrons. The third kappa shape index (κ3) is 1.94. The first kappa shape index (κ1) is 10.8. The van der Waals surface area contributed by atoms with Crippen LogP contribution in [-0.4, -0.2) is 21.0 Å². The number of rotatable bonds is 3. The number of hydrogen-bond donors (Lipinski definition) is 1. The molecule has 16 heavy (non-hydrogen) atoms. The minimum Gasteiger partial charge on any atom is -0.478 e. The molecule has 0 fully saturated rings. The normalized spacial score (nSPS) is 10.3. The summed E-state index contributed by atoms with van der Waals surface area (Å²) in [5, 5.41) is 10.9. The number of carboxylic acid groups (broad SMARTS) is 1. The second-order valence-corrected chi connectivity index (χ2v) is 4.14. The molecule has 4 nitrogen and oxygen atoms in total. The molecule has 0 saturated heterocycles. The molecule has 0 saturated carbocycles. The minimum atomic E-state index is -0.977. The first-order chi connectivity index (χ1) is 7.72. The van der Waals surface area contributed by atoms with Gasteiger partial charge in [0.05, 0.1) is 16.1 Å². The monoisotopic (exact) mass is 234 g/mol. The van der Waals surface area contributed by atoms with Crippen LogP contribution in [0.1, 0.15) is 23.0 Å². The molecule has 5 heteroatoms. The molecule has 1 N–H and O–H groups in total. The van der Waals surface area contributed by atoms with Gasteiger partial charge in [-0.05, 0) is 17.9 Å². The first-order valence-corrected chi connectivity index (χ1v) is 5.73. The average molecular weight is 234 g/mol. The van der Waals surface area contributed by atoms with Gasteiger partial charge in [0, 0.05) is 6.20 Å². The van der Waals surface area contributed by atoms with Crippen LogP contribution in [0.15, 0.2) is 23.7 Å². The highest BCUT2D eigenvalue weighted by molar-refractivity contribution is 7.13. The van der Waals surface area contributed by atoms with E-state index in [0.29, 0.717) is 17.9 Å². The van der Waals surface area contributed by atoms with E-state index in [2.05, 4.69) is 9.97 Å². The van der Waals surface area contributed by atoms with Crippen LogP contribution in [-0.2, 0) is 6.42 Å². The van der Waals surface area contributed by atoms with Gasteiger partial charge in [-0.2, -0.15) is 0 Å². The van der Waals surface area contributed by atoms with Crippen LogP contribution >= 0.6 is 11.3 Å². The van der Waals surface area contributed by atoms with E-state index in [-0.39, 0.29) is 5.56 Å². The van der Waals surface area contributed by atoms with Crippen molar-refractivity contribution in [3.63, 3.8) is 0 Å². The Labute approximate surface area is 96.6 Å². The van der Waals surface area contributed by atoms with Crippen molar-refractivity contribution in [2.45, 2.75) is 13.3 Å². The number of aromatic nitrogens is 2. The Hall–Kier alpha value is -1.75. The van der Waals surface area contributed by atoms with E-state index in [1.807, 2.05) is 24.4 Å². The molecule has 2 aromatic rings. The summed E-state index contributed by atoms with van der Waals surface area (Å²) in [7, 11) is 0. The highest BCUT2D eigenvalue weighted by Crippen LogP contribution is 2.21. The molecule has 0 unspecified atom stereocenters. The van der Waals surface area contributed by atoms with E-state index in [1.165, 1.54) is 17.5 Å². The maximum atomic E-state index is 10.9. The predicted octanol–water partition coefficient (Wildman–Crippen LogP) is 2.47. The van der Waals surface area contributed by atoms with Crippen molar-refractivity contribution in [3.05, 3.63) is 35.0 Å². The van der Waals surface area contributed by atoms with E-state index in [9.17, 15) is 4.79 Å². The van der Waals surface area contributed by atoms with Gasteiger partial charge >= 0.3 is 5.97 Å². The lowest BCUT2D eigenvalue weighted by atomic mass is 10.2. The lowest BCUT2D eigenvalue weighted by Crippen LogP contribution is -2.06. The van der Waals surface area contributed by atoms with Gasteiger partial charge in [-0.1, -0.05) is 13.0 Å². The van der Waals surface area contributed by atoms with E-state index < -0.39 is 5.97 Å². The largest absolute Gasteiger partial charge is 0.478 e. The van der Waals surface area contributed by atoms with Crippen LogP contribution < -0.4 is 0 Å². The lowest BCUT2D eigenvalue weighted by Gasteiger charge is -2.03. The molecule has 0 aliphatic carbocycles. The molecule has 0 spiro atoms. The molecule has 0 radical (unpaired) electrons. The highest BCUT2D eigenvalue weighted by atomic mass is 32.1. The number of hydrogen-bond acceptors (Lipinski definition) is 4. The summed E-state index contributed by atoms with van der Waals surface area (Å²) in [4.78, 5) is 20.2. The molecular weight excluding hydrogens is 224 g/mol. The fourth-order valence-electron chi connectivity index (χ4n) is 1.39. The van der Waals surface area contributed by atoms with Gasteiger partial charge in [-0.15, -0.1) is 11.3 Å². The fraction of sp³-hybridized carbons (Fsp3) is 0.182. The summed E-state index contributed by atoms with van der Waals surface area (Å²) in [6.07, 6.45) is 1.96. The van der Waals surface area contributed by atoms with Gasteiger partial charge in [0.1, 0.15) is 0 Å². The van der Waals surface area contributed by atoms with Gasteiger partial charge in [-0.3, -0.25) is 0 Å². The zero-order chi connectivity index (χ0) is 11.5. The molecule has 0 amide bonds. The van der Waals surface area contributed by atoms with Crippen LogP contribution in [0.2, 0.25) is 0 Å². The minimum absolute atomic E-state index is 0.183. The Kier molecular flexibility index (Phi) is 2.96. The zero-order valence-corrected chi connectivity index (χ0v) is 9.49. The van der Waals surface area contributed by atoms with Crippen molar-refractivity contribution in [1.29, 1.82) is 0 Å². The van der Waals surface area contributed by atoms with Gasteiger partial charge in [0.15, 0.2) is 5.82 Å². The molecule has 2 aromatic heterocycles. The molecule has 2 rings (SSSR count). The third-order valence-electron chi connectivity index (χ3n) is 2.17. The van der Waals surface area contributed by atoms with Crippen LogP contribution in [0.3, 0.4) is 0 Å². The molecule has 0 atom stereocenters. The second kappa shape index (κ2) is 4.40. The third-order valence-corrected chi connectivity index (χ3v) is 3.04. The standard InChI is InChI=1S/C11H10N2O2S/c1-2-8-7(11(14)15)6-12-10(13-8)9-4-3-5-16-9/h3-6H,2H2,1H3,(H,14,15). The van der Waals surface area contributed by atoms with Crippen LogP contribution in [0.4, 0.5) is 0 Å². The van der Waals surface area contributed by atoms with Crippen molar-refractivity contribution < 1.29 is 9.90 Å². The Morgan fingerprint density at radius 1 is 1.56 bits per heavy atom. The second-order valence-electron chi connectivity index (χ2n) is 3.19. The molecule has 0 aliphatic heterocycles. The maximum Gasteiger partial charge on any atom is 0.339 e. The van der Waals surface area contributed by atoms with Crippen LogP contribution in [0.5, 0.6) is 0 Å². The van der Waals surface area contributed by atoms with E-state index >= 15 is 0 Å². The lowest BCUT2D eigenvalue weighted by molar-refractivity contribution is 0.0694. The van der Waals surface area contributed by atoms with Gasteiger partial charge in [-0.25, -0.2) is 14.8 Å². The number of carbonyl (C=O) groups is 1. The number of carboxylic acids is 1. The summed E-state index contributed by atoms with van der Waals surface area (Å²) in [5.41, 5.74) is 0.758. The van der Waals surface area contributed by atoms with Gasteiger partial charge in [0.2, 0.25) is 0 Å². The Balaban J connectivity index is 2.49. The molecule has 2 heterocycles. The van der Waals surface area contributed by atoms with E-state index in [1.54, 1.807) is 0 Å². The Bertz CT molecular complexity index is 509. The Morgan fingerprint density at radius 2 is 2.38 bits per heavy atom. The van der Waals surface area contributed by atoms with Crippen molar-refractivity contribution in [2.75, 3.05) is 0 Å². The summed E-state index contributed by atoms with van der Waals surface area (Å²) < 4.78 is 0. The smallest absolute Gasteiger partial charge is 0.339 e. The first-order valence-electron chi connectivity index (χ1n) is 4.85. The van der Waals surface area contributed by atoms with E-state index in [0.717, 1.165) is 4.88 Å². The SMILES string of the molecule is CCc1nc(-c2cccs2)ncc1C(=O)O. The van der Waals surface area contributed by atoms with Crippen molar-refractivity contribution in [1.82, 2.24) is 9.97 Å². The number of aryl methyl sites for hydroxylation is 1. The molecular formula is C11H10N2O2S.